The van der Waals surface area contributed by atoms with Gasteiger partial charge in [-0.2, -0.15) is 4.98 Å². The van der Waals surface area contributed by atoms with Crippen molar-refractivity contribution in [2.45, 2.75) is 19.3 Å². The Hall–Kier alpha value is -1.27. The predicted molar refractivity (Wildman–Crippen MR) is 57.5 cm³/mol. The first-order chi connectivity index (χ1) is 7.13. The van der Waals surface area contributed by atoms with Crippen LogP contribution in [0.15, 0.2) is 15.4 Å². The molecule has 80 valence electrons. The third-order valence-corrected chi connectivity index (χ3v) is 2.76. The lowest BCUT2D eigenvalue weighted by Crippen LogP contribution is -2.28. The van der Waals surface area contributed by atoms with Crippen LogP contribution in [0.4, 0.5) is 0 Å². The van der Waals surface area contributed by atoms with E-state index in [4.69, 9.17) is 10.3 Å². The monoisotopic (exact) mass is 224 g/mol. The molecular weight excluding hydrogens is 212 g/mol. The largest absolute Gasteiger partial charge is 0.338 e. The summed E-state index contributed by atoms with van der Waals surface area (Å²) >= 11 is 1.50. The van der Waals surface area contributed by atoms with Crippen LogP contribution in [-0.2, 0) is 5.41 Å². The van der Waals surface area contributed by atoms with E-state index in [0.29, 0.717) is 18.3 Å². The van der Waals surface area contributed by atoms with Gasteiger partial charge in [0.2, 0.25) is 11.7 Å². The van der Waals surface area contributed by atoms with Gasteiger partial charge < -0.3 is 10.3 Å². The third-order valence-electron chi connectivity index (χ3n) is 2.18. The van der Waals surface area contributed by atoms with Crippen LogP contribution >= 0.6 is 11.3 Å². The molecule has 0 aliphatic carbocycles. The van der Waals surface area contributed by atoms with Crippen molar-refractivity contribution in [3.05, 3.63) is 16.8 Å². The minimum atomic E-state index is -0.290. The van der Waals surface area contributed by atoms with E-state index in [2.05, 4.69) is 15.1 Å². The molecule has 6 heteroatoms. The van der Waals surface area contributed by atoms with Gasteiger partial charge in [0.15, 0.2) is 0 Å². The minimum Gasteiger partial charge on any atom is -0.338 e. The molecule has 5 nitrogen and oxygen atoms in total. The topological polar surface area (TPSA) is 77.8 Å². The molecule has 2 N–H and O–H groups in total. The summed E-state index contributed by atoms with van der Waals surface area (Å²) in [6, 6.07) is 0. The Kier molecular flexibility index (Phi) is 2.54. The first-order valence-electron chi connectivity index (χ1n) is 4.56. The van der Waals surface area contributed by atoms with Crippen molar-refractivity contribution in [3.63, 3.8) is 0 Å². The molecule has 15 heavy (non-hydrogen) atoms. The van der Waals surface area contributed by atoms with E-state index in [1.165, 1.54) is 11.3 Å². The van der Waals surface area contributed by atoms with E-state index in [1.54, 1.807) is 5.51 Å². The molecule has 0 aliphatic heterocycles. The highest BCUT2D eigenvalue weighted by Crippen LogP contribution is 2.23. The van der Waals surface area contributed by atoms with Crippen LogP contribution in [0.1, 0.15) is 19.7 Å². The summed E-state index contributed by atoms with van der Waals surface area (Å²) in [7, 11) is 0. The van der Waals surface area contributed by atoms with E-state index in [1.807, 2.05) is 19.2 Å². The quantitative estimate of drug-likeness (QED) is 0.853. The van der Waals surface area contributed by atoms with Gasteiger partial charge in [0, 0.05) is 11.9 Å². The van der Waals surface area contributed by atoms with Gasteiger partial charge in [0.25, 0.3) is 0 Å². The molecule has 0 saturated carbocycles. The zero-order valence-electron chi connectivity index (χ0n) is 8.60. The van der Waals surface area contributed by atoms with Gasteiger partial charge in [0.05, 0.1) is 10.9 Å². The molecule has 0 aromatic carbocycles. The van der Waals surface area contributed by atoms with Crippen LogP contribution in [0.2, 0.25) is 0 Å². The number of nitrogens with zero attached hydrogens (tertiary/aromatic N) is 3. The van der Waals surface area contributed by atoms with Crippen LogP contribution in [0.25, 0.3) is 11.5 Å². The van der Waals surface area contributed by atoms with Gasteiger partial charge in [-0.25, -0.2) is 4.98 Å². The van der Waals surface area contributed by atoms with Crippen molar-refractivity contribution in [1.29, 1.82) is 0 Å². The Morgan fingerprint density at radius 2 is 2.33 bits per heavy atom. The first kappa shape index (κ1) is 10.3. The third kappa shape index (κ3) is 1.91. The van der Waals surface area contributed by atoms with Crippen LogP contribution in [0, 0.1) is 0 Å². The van der Waals surface area contributed by atoms with E-state index >= 15 is 0 Å². The van der Waals surface area contributed by atoms with E-state index in [9.17, 15) is 0 Å². The Morgan fingerprint density at radius 3 is 2.93 bits per heavy atom. The number of hydrogen-bond acceptors (Lipinski definition) is 6. The molecule has 0 saturated heterocycles. The molecule has 2 aromatic rings. The molecule has 0 atom stereocenters. The molecule has 2 heterocycles. The van der Waals surface area contributed by atoms with Crippen LogP contribution in [-0.4, -0.2) is 21.7 Å². The second-order valence-electron chi connectivity index (χ2n) is 3.88. The van der Waals surface area contributed by atoms with E-state index < -0.39 is 0 Å². The number of nitrogens with two attached hydrogens (primary N) is 1. The summed E-state index contributed by atoms with van der Waals surface area (Å²) in [6.45, 7) is 4.39. The number of thiazole rings is 1. The van der Waals surface area contributed by atoms with Crippen molar-refractivity contribution in [3.8, 4) is 11.5 Å². The molecule has 0 spiro atoms. The van der Waals surface area contributed by atoms with Gasteiger partial charge in [-0.05, 0) is 13.8 Å². The fourth-order valence-electron chi connectivity index (χ4n) is 1.01. The number of rotatable bonds is 3. The van der Waals surface area contributed by atoms with Gasteiger partial charge in [-0.15, -0.1) is 11.3 Å². The number of hydrogen-bond donors (Lipinski definition) is 1. The Balaban J connectivity index is 2.33. The lowest BCUT2D eigenvalue weighted by atomic mass is 9.94. The highest BCUT2D eigenvalue weighted by molar-refractivity contribution is 7.07. The Bertz CT molecular complexity index is 435. The number of aromatic nitrogens is 3. The maximum atomic E-state index is 5.62. The lowest BCUT2D eigenvalue weighted by molar-refractivity contribution is 0.311. The van der Waals surface area contributed by atoms with E-state index in [0.717, 1.165) is 5.69 Å². The maximum absolute atomic E-state index is 5.62. The van der Waals surface area contributed by atoms with Gasteiger partial charge >= 0.3 is 0 Å². The summed E-state index contributed by atoms with van der Waals surface area (Å²) < 4.78 is 5.17. The average Bonchev–Trinajstić information content (AvgIpc) is 2.88. The maximum Gasteiger partial charge on any atom is 0.233 e. The molecule has 2 rings (SSSR count). The SMILES string of the molecule is CC(C)(CN)c1nc(-c2cscn2)no1. The summed E-state index contributed by atoms with van der Waals surface area (Å²) in [6.07, 6.45) is 0. The van der Waals surface area contributed by atoms with Crippen LogP contribution < -0.4 is 5.73 Å². The molecule has 0 fully saturated rings. The predicted octanol–water partition coefficient (Wildman–Crippen LogP) is 1.43. The summed E-state index contributed by atoms with van der Waals surface area (Å²) in [5, 5.41) is 5.75. The summed E-state index contributed by atoms with van der Waals surface area (Å²) in [4.78, 5) is 8.39. The van der Waals surface area contributed by atoms with E-state index in [-0.39, 0.29) is 5.41 Å². The highest BCUT2D eigenvalue weighted by atomic mass is 32.1. The second-order valence-corrected chi connectivity index (χ2v) is 4.60. The Labute approximate surface area is 91.3 Å². The van der Waals surface area contributed by atoms with Crippen LogP contribution in [0.3, 0.4) is 0 Å². The summed E-state index contributed by atoms with van der Waals surface area (Å²) in [5.74, 6) is 1.07. The standard InChI is InChI=1S/C9H12N4OS/c1-9(2,4-10)8-12-7(13-14-8)6-3-15-5-11-6/h3,5H,4,10H2,1-2H3. The smallest absolute Gasteiger partial charge is 0.233 e. The Morgan fingerprint density at radius 1 is 1.53 bits per heavy atom. The second kappa shape index (κ2) is 3.71. The highest BCUT2D eigenvalue weighted by Gasteiger charge is 2.26. The van der Waals surface area contributed by atoms with Crippen molar-refractivity contribution < 1.29 is 4.52 Å². The minimum absolute atomic E-state index is 0.290. The zero-order chi connectivity index (χ0) is 10.9. The van der Waals surface area contributed by atoms with Crippen LogP contribution in [0.5, 0.6) is 0 Å². The molecule has 0 aliphatic rings. The van der Waals surface area contributed by atoms with Crippen molar-refractivity contribution >= 4 is 11.3 Å². The van der Waals surface area contributed by atoms with Gasteiger partial charge in [0.1, 0.15) is 5.69 Å². The molecule has 0 bridgehead atoms. The van der Waals surface area contributed by atoms with Gasteiger partial charge in [-0.3, -0.25) is 0 Å². The summed E-state index contributed by atoms with van der Waals surface area (Å²) in [5.41, 5.74) is 7.81. The fourth-order valence-corrected chi connectivity index (χ4v) is 1.54. The zero-order valence-corrected chi connectivity index (χ0v) is 9.41. The molecule has 0 unspecified atom stereocenters. The van der Waals surface area contributed by atoms with Crippen molar-refractivity contribution in [1.82, 2.24) is 15.1 Å². The molecule has 0 amide bonds. The van der Waals surface area contributed by atoms with Crippen molar-refractivity contribution in [2.24, 2.45) is 5.73 Å². The average molecular weight is 224 g/mol. The molecular formula is C9H12N4OS. The first-order valence-corrected chi connectivity index (χ1v) is 5.50. The van der Waals surface area contributed by atoms with Crippen molar-refractivity contribution in [2.75, 3.05) is 6.54 Å². The fraction of sp³-hybridized carbons (Fsp3) is 0.444. The molecule has 0 radical (unpaired) electrons. The normalized spacial score (nSPS) is 11.9. The lowest BCUT2D eigenvalue weighted by Gasteiger charge is -2.15. The van der Waals surface area contributed by atoms with Gasteiger partial charge in [-0.1, -0.05) is 5.16 Å². The molecule has 2 aromatic heterocycles.